The third-order valence-corrected chi connectivity index (χ3v) is 3.37. The molecule has 80 valence electrons. The summed E-state index contributed by atoms with van der Waals surface area (Å²) in [6, 6.07) is 2.27. The summed E-state index contributed by atoms with van der Waals surface area (Å²) in [5.74, 6) is 0.338. The van der Waals surface area contributed by atoms with E-state index >= 15 is 0 Å². The van der Waals surface area contributed by atoms with Gasteiger partial charge in [0.05, 0.1) is 12.4 Å². The molecule has 2 atom stereocenters. The molecule has 2 rings (SSSR count). The average Bonchev–Trinajstić information content (AvgIpc) is 2.85. The van der Waals surface area contributed by atoms with Crippen molar-refractivity contribution in [1.82, 2.24) is 9.55 Å². The molecule has 0 spiro atoms. The van der Waals surface area contributed by atoms with Crippen LogP contribution < -0.4 is 5.73 Å². The highest BCUT2D eigenvalue weighted by atomic mass is 15.0. The molecule has 0 saturated heterocycles. The van der Waals surface area contributed by atoms with E-state index < -0.39 is 5.54 Å². The minimum absolute atomic E-state index is 0.338. The van der Waals surface area contributed by atoms with Crippen LogP contribution in [-0.2, 0) is 6.54 Å². The van der Waals surface area contributed by atoms with Crippen molar-refractivity contribution in [3.63, 3.8) is 0 Å². The fourth-order valence-electron chi connectivity index (χ4n) is 2.38. The van der Waals surface area contributed by atoms with Crippen LogP contribution in [0.15, 0.2) is 18.7 Å². The molecule has 0 aromatic carbocycles. The molecule has 15 heavy (non-hydrogen) atoms. The fourth-order valence-corrected chi connectivity index (χ4v) is 2.38. The van der Waals surface area contributed by atoms with Crippen LogP contribution in [0.5, 0.6) is 0 Å². The van der Waals surface area contributed by atoms with E-state index in [2.05, 4.69) is 11.1 Å². The van der Waals surface area contributed by atoms with Gasteiger partial charge in [0.25, 0.3) is 0 Å². The van der Waals surface area contributed by atoms with Gasteiger partial charge < -0.3 is 10.3 Å². The molecular formula is C11H16N4. The first-order valence-corrected chi connectivity index (χ1v) is 5.40. The van der Waals surface area contributed by atoms with E-state index in [1.54, 1.807) is 12.5 Å². The third kappa shape index (κ3) is 2.02. The fraction of sp³-hybridized carbons (Fsp3) is 0.636. The summed E-state index contributed by atoms with van der Waals surface area (Å²) in [7, 11) is 0. The summed E-state index contributed by atoms with van der Waals surface area (Å²) >= 11 is 0. The van der Waals surface area contributed by atoms with Gasteiger partial charge in [0.15, 0.2) is 0 Å². The Labute approximate surface area is 89.7 Å². The molecule has 0 radical (unpaired) electrons. The number of nitrogens with two attached hydrogens (primary N) is 1. The van der Waals surface area contributed by atoms with Gasteiger partial charge in [-0.15, -0.1) is 0 Å². The van der Waals surface area contributed by atoms with Crippen LogP contribution in [-0.4, -0.2) is 15.1 Å². The highest BCUT2D eigenvalue weighted by Gasteiger charge is 2.39. The third-order valence-electron chi connectivity index (χ3n) is 3.37. The summed E-state index contributed by atoms with van der Waals surface area (Å²) in [4.78, 5) is 3.99. The lowest BCUT2D eigenvalue weighted by molar-refractivity contribution is 0.353. The van der Waals surface area contributed by atoms with Crippen molar-refractivity contribution in [3.8, 4) is 6.07 Å². The molecule has 1 heterocycles. The number of nitrogens with zero attached hydrogens (tertiary/aromatic N) is 3. The SMILES string of the molecule is N#CC1(N)CCCC1CCn1ccnc1. The van der Waals surface area contributed by atoms with Crippen molar-refractivity contribution in [2.75, 3.05) is 0 Å². The van der Waals surface area contributed by atoms with Crippen LogP contribution in [0.1, 0.15) is 25.7 Å². The molecule has 4 heteroatoms. The Morgan fingerprint density at radius 3 is 3.20 bits per heavy atom. The molecule has 1 aromatic rings. The van der Waals surface area contributed by atoms with Crippen molar-refractivity contribution < 1.29 is 0 Å². The normalized spacial score (nSPS) is 30.3. The van der Waals surface area contributed by atoms with E-state index in [-0.39, 0.29) is 0 Å². The van der Waals surface area contributed by atoms with Crippen molar-refractivity contribution in [2.45, 2.75) is 37.8 Å². The Morgan fingerprint density at radius 1 is 1.67 bits per heavy atom. The number of hydrogen-bond acceptors (Lipinski definition) is 3. The Kier molecular flexibility index (Phi) is 2.74. The smallest absolute Gasteiger partial charge is 0.107 e. The zero-order valence-corrected chi connectivity index (χ0v) is 8.76. The number of aromatic nitrogens is 2. The second-order valence-electron chi connectivity index (χ2n) is 4.33. The molecular weight excluding hydrogens is 188 g/mol. The van der Waals surface area contributed by atoms with Gasteiger partial charge in [0, 0.05) is 18.9 Å². The average molecular weight is 204 g/mol. The summed E-state index contributed by atoms with van der Waals surface area (Å²) in [6.07, 6.45) is 9.50. The monoisotopic (exact) mass is 204 g/mol. The first kappa shape index (κ1) is 10.2. The van der Waals surface area contributed by atoms with Gasteiger partial charge >= 0.3 is 0 Å². The van der Waals surface area contributed by atoms with Crippen LogP contribution in [0, 0.1) is 17.2 Å². The maximum Gasteiger partial charge on any atom is 0.107 e. The summed E-state index contributed by atoms with van der Waals surface area (Å²) in [6.45, 7) is 0.908. The molecule has 0 bridgehead atoms. The number of imidazole rings is 1. The molecule has 1 aromatic heterocycles. The van der Waals surface area contributed by atoms with Gasteiger partial charge in [-0.25, -0.2) is 4.98 Å². The van der Waals surface area contributed by atoms with Crippen LogP contribution >= 0.6 is 0 Å². The molecule has 2 N–H and O–H groups in total. The van der Waals surface area contributed by atoms with Gasteiger partial charge in [-0.3, -0.25) is 0 Å². The molecule has 0 aliphatic heterocycles. The Balaban J connectivity index is 1.93. The quantitative estimate of drug-likeness (QED) is 0.806. The second kappa shape index (κ2) is 4.03. The van der Waals surface area contributed by atoms with Crippen LogP contribution in [0.2, 0.25) is 0 Å². The number of nitriles is 1. The van der Waals surface area contributed by atoms with Gasteiger partial charge in [-0.1, -0.05) is 6.42 Å². The maximum absolute atomic E-state index is 9.06. The molecule has 1 saturated carbocycles. The van der Waals surface area contributed by atoms with Crippen LogP contribution in [0.25, 0.3) is 0 Å². The molecule has 0 amide bonds. The lowest BCUT2D eigenvalue weighted by Gasteiger charge is -2.23. The Morgan fingerprint density at radius 2 is 2.53 bits per heavy atom. The van der Waals surface area contributed by atoms with Crippen LogP contribution in [0.3, 0.4) is 0 Å². The van der Waals surface area contributed by atoms with E-state index in [1.165, 1.54) is 0 Å². The number of aryl methyl sites for hydroxylation is 1. The first-order valence-electron chi connectivity index (χ1n) is 5.40. The topological polar surface area (TPSA) is 67.6 Å². The predicted molar refractivity (Wildman–Crippen MR) is 56.7 cm³/mol. The Bertz CT molecular complexity index is 351. The predicted octanol–water partition coefficient (Wildman–Crippen LogP) is 1.29. The standard InChI is InChI=1S/C11H16N4/c12-8-11(13)4-1-2-10(11)3-6-15-7-5-14-9-15/h5,7,9-10H,1-4,6,13H2. The highest BCUT2D eigenvalue weighted by molar-refractivity contribution is 5.11. The number of rotatable bonds is 3. The van der Waals surface area contributed by atoms with Gasteiger partial charge in [-0.05, 0) is 25.2 Å². The second-order valence-corrected chi connectivity index (χ2v) is 4.33. The molecule has 2 unspecified atom stereocenters. The Hall–Kier alpha value is -1.34. The van der Waals surface area contributed by atoms with E-state index in [0.717, 1.165) is 32.2 Å². The molecule has 1 fully saturated rings. The van der Waals surface area contributed by atoms with Crippen molar-refractivity contribution in [1.29, 1.82) is 5.26 Å². The summed E-state index contributed by atoms with van der Waals surface area (Å²) in [5.41, 5.74) is 5.47. The largest absolute Gasteiger partial charge is 0.337 e. The van der Waals surface area contributed by atoms with Gasteiger partial charge in [0.1, 0.15) is 5.54 Å². The van der Waals surface area contributed by atoms with E-state index in [0.29, 0.717) is 5.92 Å². The van der Waals surface area contributed by atoms with Gasteiger partial charge in [0.2, 0.25) is 0 Å². The minimum Gasteiger partial charge on any atom is -0.337 e. The van der Waals surface area contributed by atoms with Crippen molar-refractivity contribution in [2.24, 2.45) is 11.7 Å². The molecule has 1 aliphatic rings. The minimum atomic E-state index is -0.583. The zero-order valence-electron chi connectivity index (χ0n) is 8.76. The summed E-state index contributed by atoms with van der Waals surface area (Å²) in [5, 5.41) is 9.06. The van der Waals surface area contributed by atoms with E-state index in [4.69, 9.17) is 11.0 Å². The van der Waals surface area contributed by atoms with E-state index in [1.807, 2.05) is 10.8 Å². The summed E-state index contributed by atoms with van der Waals surface area (Å²) < 4.78 is 2.04. The van der Waals surface area contributed by atoms with Crippen molar-refractivity contribution in [3.05, 3.63) is 18.7 Å². The van der Waals surface area contributed by atoms with Gasteiger partial charge in [-0.2, -0.15) is 5.26 Å². The van der Waals surface area contributed by atoms with Crippen molar-refractivity contribution >= 4 is 0 Å². The lowest BCUT2D eigenvalue weighted by Crippen LogP contribution is -2.42. The lowest BCUT2D eigenvalue weighted by atomic mass is 9.87. The molecule has 1 aliphatic carbocycles. The maximum atomic E-state index is 9.06. The van der Waals surface area contributed by atoms with E-state index in [9.17, 15) is 0 Å². The number of hydrogen-bond donors (Lipinski definition) is 1. The first-order chi connectivity index (χ1) is 7.24. The van der Waals surface area contributed by atoms with Crippen LogP contribution in [0.4, 0.5) is 0 Å². The highest BCUT2D eigenvalue weighted by Crippen LogP contribution is 2.35. The molecule has 4 nitrogen and oxygen atoms in total. The zero-order chi connectivity index (χ0) is 10.7.